The van der Waals surface area contributed by atoms with Crippen LogP contribution < -0.4 is 31.4 Å². The molecule has 8 bridgehead atoms. The first kappa shape index (κ1) is 34.1. The van der Waals surface area contributed by atoms with Crippen LogP contribution in [-0.4, -0.2) is 0 Å². The maximum Gasteiger partial charge on any atom is 0.142 e. The summed E-state index contributed by atoms with van der Waals surface area (Å²) in [6.07, 6.45) is 14.6. The zero-order valence-electron chi connectivity index (χ0n) is 29.8. The third-order valence-electron chi connectivity index (χ3n) is 13.9. The predicted molar refractivity (Wildman–Crippen MR) is 214 cm³/mol. The molecular formula is C44H46Cl3N3O3. The van der Waals surface area contributed by atoms with Gasteiger partial charge in [-0.3, -0.25) is 0 Å². The average Bonchev–Trinajstić information content (AvgIpc) is 3.08. The van der Waals surface area contributed by atoms with E-state index in [-0.39, 0.29) is 10.8 Å². The van der Waals surface area contributed by atoms with Gasteiger partial charge in [-0.25, -0.2) is 0 Å². The van der Waals surface area contributed by atoms with Crippen molar-refractivity contribution in [1.82, 2.24) is 0 Å². The second-order valence-corrected chi connectivity index (χ2v) is 18.9. The molecule has 0 saturated heterocycles. The summed E-state index contributed by atoms with van der Waals surface area (Å²) >= 11 is 19.3. The van der Waals surface area contributed by atoms with Crippen LogP contribution in [0.1, 0.15) is 88.2 Å². The predicted octanol–water partition coefficient (Wildman–Crippen LogP) is 12.7. The molecule has 4 aromatic rings. The molecule has 0 atom stereocenters. The van der Waals surface area contributed by atoms with Gasteiger partial charge in [0.2, 0.25) is 0 Å². The molecule has 8 aliphatic rings. The fraction of sp³-hybridized carbons (Fsp3) is 0.455. The van der Waals surface area contributed by atoms with E-state index >= 15 is 0 Å². The van der Waals surface area contributed by atoms with Crippen molar-refractivity contribution < 1.29 is 14.2 Å². The van der Waals surface area contributed by atoms with Gasteiger partial charge in [-0.1, -0.05) is 34.8 Å². The highest BCUT2D eigenvalue weighted by Crippen LogP contribution is 2.69. The Kier molecular flexibility index (Phi) is 8.06. The number of benzene rings is 4. The molecule has 53 heavy (non-hydrogen) atoms. The third kappa shape index (κ3) is 5.90. The smallest absolute Gasteiger partial charge is 0.142 e. The van der Waals surface area contributed by atoms with Crippen molar-refractivity contribution in [3.63, 3.8) is 0 Å². The molecule has 8 fully saturated rings. The van der Waals surface area contributed by atoms with E-state index in [0.717, 1.165) is 66.9 Å². The fourth-order valence-corrected chi connectivity index (χ4v) is 13.2. The quantitative estimate of drug-likeness (QED) is 0.154. The van der Waals surface area contributed by atoms with Gasteiger partial charge in [0.25, 0.3) is 0 Å². The number of ether oxygens (including phenoxy) is 3. The lowest BCUT2D eigenvalue weighted by atomic mass is 9.46. The van der Waals surface area contributed by atoms with E-state index in [1.165, 1.54) is 38.5 Å². The van der Waals surface area contributed by atoms with Crippen LogP contribution in [0.15, 0.2) is 60.7 Å². The molecule has 0 unspecified atom stereocenters. The molecule has 6 N–H and O–H groups in total. The number of halogens is 3. The van der Waals surface area contributed by atoms with Crippen LogP contribution in [0.5, 0.6) is 34.5 Å². The molecule has 0 amide bonds. The first-order valence-electron chi connectivity index (χ1n) is 19.4. The van der Waals surface area contributed by atoms with Crippen molar-refractivity contribution in [2.75, 3.05) is 17.2 Å². The molecule has 12 rings (SSSR count). The van der Waals surface area contributed by atoms with Gasteiger partial charge < -0.3 is 31.4 Å². The van der Waals surface area contributed by atoms with E-state index in [4.69, 9.17) is 66.2 Å². The summed E-state index contributed by atoms with van der Waals surface area (Å²) in [6.45, 7) is 0. The van der Waals surface area contributed by atoms with Crippen molar-refractivity contribution in [2.45, 2.75) is 87.9 Å². The Hall–Kier alpha value is -3.45. The van der Waals surface area contributed by atoms with E-state index in [2.05, 4.69) is 6.07 Å². The van der Waals surface area contributed by atoms with E-state index in [9.17, 15) is 0 Å². The maximum atomic E-state index is 7.41. The monoisotopic (exact) mass is 769 g/mol. The molecular weight excluding hydrogens is 725 g/mol. The Morgan fingerprint density at radius 3 is 1.04 bits per heavy atom. The lowest BCUT2D eigenvalue weighted by Gasteiger charge is -2.59. The van der Waals surface area contributed by atoms with E-state index in [0.29, 0.717) is 84.9 Å². The summed E-state index contributed by atoms with van der Waals surface area (Å²) < 4.78 is 21.5. The van der Waals surface area contributed by atoms with E-state index < -0.39 is 0 Å². The first-order chi connectivity index (χ1) is 25.5. The van der Waals surface area contributed by atoms with Crippen molar-refractivity contribution in [3.8, 4) is 34.5 Å². The van der Waals surface area contributed by atoms with Crippen LogP contribution >= 0.6 is 34.8 Å². The van der Waals surface area contributed by atoms with E-state index in [1.807, 2.05) is 30.3 Å². The van der Waals surface area contributed by atoms with Gasteiger partial charge in [-0.05, 0) is 149 Å². The first-order valence-corrected chi connectivity index (χ1v) is 20.6. The molecule has 4 aromatic carbocycles. The highest BCUT2D eigenvalue weighted by molar-refractivity contribution is 6.33. The minimum absolute atomic E-state index is 0.115. The minimum Gasteiger partial charge on any atom is -0.457 e. The molecule has 8 aliphatic carbocycles. The number of hydrogen-bond acceptors (Lipinski definition) is 6. The summed E-state index contributed by atoms with van der Waals surface area (Å²) in [5, 5.41) is 1.48. The van der Waals surface area contributed by atoms with E-state index in [1.54, 1.807) is 24.3 Å². The Morgan fingerprint density at radius 1 is 0.434 bits per heavy atom. The van der Waals surface area contributed by atoms with Gasteiger partial charge in [-0.2, -0.15) is 0 Å². The van der Waals surface area contributed by atoms with Crippen molar-refractivity contribution in [1.29, 1.82) is 0 Å². The lowest BCUT2D eigenvalue weighted by molar-refractivity contribution is -0.0110. The summed E-state index contributed by atoms with van der Waals surface area (Å²) in [5.41, 5.74) is 22.7. The lowest BCUT2D eigenvalue weighted by Crippen LogP contribution is -2.50. The molecule has 0 aliphatic heterocycles. The standard InChI is InChI=1S/C44H46Cl3N3O3/c45-32-4-1-29(13-35(32)48)51-38-16-39(52-30-2-5-33(46)36(49)14-30)41(44-20-26-10-27(21-44)12-28(11-26)22-44)42(53-31-3-6-34(47)37(50)15-31)40(38)43-17-23-7-24(18-43)9-25(8-23)19-43/h1-6,13-16,23-28H,7-12,17-22,48-50H2. The van der Waals surface area contributed by atoms with Crippen molar-refractivity contribution in [3.05, 3.63) is 86.9 Å². The van der Waals surface area contributed by atoms with Crippen LogP contribution in [0.4, 0.5) is 17.1 Å². The third-order valence-corrected chi connectivity index (χ3v) is 15.0. The molecule has 0 aromatic heterocycles. The molecule has 0 radical (unpaired) electrons. The van der Waals surface area contributed by atoms with Crippen LogP contribution in [0, 0.1) is 35.5 Å². The summed E-state index contributed by atoms with van der Waals surface area (Å²) in [6, 6.07) is 18.7. The number of anilines is 3. The number of nitrogen functional groups attached to an aromatic ring is 3. The topological polar surface area (TPSA) is 106 Å². The SMILES string of the molecule is Nc1cc(Oc2cc(Oc3ccc(Cl)c(N)c3)c(C34CC5CC(CC(C5)C3)C4)c(Oc3ccc(Cl)c(N)c3)c2C23CC4CC(CC(C4)C2)C3)ccc1Cl. The molecule has 8 saturated carbocycles. The highest BCUT2D eigenvalue weighted by Gasteiger charge is 2.58. The maximum absolute atomic E-state index is 7.41. The van der Waals surface area contributed by atoms with Gasteiger partial charge in [0.05, 0.1) is 32.1 Å². The second-order valence-electron chi connectivity index (χ2n) is 17.7. The Labute approximate surface area is 326 Å². The Bertz CT molecular complexity index is 1940. The number of nitrogens with two attached hydrogens (primary N) is 3. The molecule has 9 heteroatoms. The van der Waals surface area contributed by atoms with Gasteiger partial charge in [-0.15, -0.1) is 0 Å². The average molecular weight is 771 g/mol. The van der Waals surface area contributed by atoms with Crippen LogP contribution in [0.3, 0.4) is 0 Å². The van der Waals surface area contributed by atoms with Crippen molar-refractivity contribution in [2.24, 2.45) is 35.5 Å². The van der Waals surface area contributed by atoms with Gasteiger partial charge in [0.1, 0.15) is 34.5 Å². The Balaban J connectivity index is 1.26. The van der Waals surface area contributed by atoms with Crippen LogP contribution in [-0.2, 0) is 10.8 Å². The Morgan fingerprint density at radius 2 is 0.736 bits per heavy atom. The van der Waals surface area contributed by atoms with Gasteiger partial charge >= 0.3 is 0 Å². The second kappa shape index (κ2) is 12.5. The summed E-state index contributed by atoms with van der Waals surface area (Å²) in [7, 11) is 0. The molecule has 6 nitrogen and oxygen atoms in total. The highest BCUT2D eigenvalue weighted by atomic mass is 35.5. The molecule has 0 spiro atoms. The van der Waals surface area contributed by atoms with Crippen molar-refractivity contribution >= 4 is 51.9 Å². The normalized spacial score (nSPS) is 31.9. The molecule has 276 valence electrons. The fourth-order valence-electron chi connectivity index (χ4n) is 12.8. The minimum atomic E-state index is -0.115. The molecule has 0 heterocycles. The number of rotatable bonds is 8. The zero-order chi connectivity index (χ0) is 36.2. The summed E-state index contributed by atoms with van der Waals surface area (Å²) in [4.78, 5) is 0. The van der Waals surface area contributed by atoms with Gasteiger partial charge in [0, 0.05) is 46.2 Å². The largest absolute Gasteiger partial charge is 0.457 e. The number of hydrogen-bond donors (Lipinski definition) is 3. The summed E-state index contributed by atoms with van der Waals surface area (Å²) in [5.74, 6) is 8.35. The zero-order valence-corrected chi connectivity index (χ0v) is 32.1. The van der Waals surface area contributed by atoms with Gasteiger partial charge in [0.15, 0.2) is 0 Å². The van der Waals surface area contributed by atoms with Crippen LogP contribution in [0.2, 0.25) is 15.1 Å². The van der Waals surface area contributed by atoms with Crippen LogP contribution in [0.25, 0.3) is 0 Å².